The van der Waals surface area contributed by atoms with Crippen LogP contribution in [-0.4, -0.2) is 44.0 Å². The summed E-state index contributed by atoms with van der Waals surface area (Å²) >= 11 is 4.77. The lowest BCUT2D eigenvalue weighted by molar-refractivity contribution is -0.125. The molecule has 2 aromatic rings. The van der Waals surface area contributed by atoms with Gasteiger partial charge in [0.25, 0.3) is 10.0 Å². The van der Waals surface area contributed by atoms with Crippen molar-refractivity contribution in [3.63, 3.8) is 0 Å². The van der Waals surface area contributed by atoms with E-state index in [1.807, 2.05) is 13.0 Å². The molecular formula is C18H24N2O3S4. The minimum atomic E-state index is -3.49. The zero-order chi connectivity index (χ0) is 19.3. The summed E-state index contributed by atoms with van der Waals surface area (Å²) < 4.78 is 27.4. The van der Waals surface area contributed by atoms with Crippen LogP contribution in [0, 0.1) is 12.8 Å². The summed E-state index contributed by atoms with van der Waals surface area (Å²) in [5.74, 6) is 1.50. The molecule has 1 fully saturated rings. The molecular weight excluding hydrogens is 420 g/mol. The molecule has 1 saturated heterocycles. The Kier molecular flexibility index (Phi) is 7.38. The summed E-state index contributed by atoms with van der Waals surface area (Å²) in [7, 11) is -3.49. The number of nitrogens with zero attached hydrogens (tertiary/aromatic N) is 1. The van der Waals surface area contributed by atoms with E-state index in [1.54, 1.807) is 29.2 Å². The maximum atomic E-state index is 12.8. The minimum Gasteiger partial charge on any atom is -0.355 e. The number of hydrogen-bond donors (Lipinski definition) is 1. The van der Waals surface area contributed by atoms with E-state index in [2.05, 4.69) is 22.1 Å². The van der Waals surface area contributed by atoms with Crippen LogP contribution < -0.4 is 5.32 Å². The van der Waals surface area contributed by atoms with Crippen molar-refractivity contribution in [1.29, 1.82) is 0 Å². The number of hydrogen-bond acceptors (Lipinski definition) is 6. The number of piperidine rings is 1. The highest BCUT2D eigenvalue weighted by molar-refractivity contribution is 7.98. The maximum Gasteiger partial charge on any atom is 0.252 e. The van der Waals surface area contributed by atoms with Gasteiger partial charge < -0.3 is 5.32 Å². The number of thioether (sulfide) groups is 1. The third-order valence-electron chi connectivity index (χ3n) is 4.46. The second kappa shape index (κ2) is 9.56. The van der Waals surface area contributed by atoms with Gasteiger partial charge in [0.15, 0.2) is 0 Å². The summed E-state index contributed by atoms with van der Waals surface area (Å²) in [4.78, 5) is 13.4. The molecule has 1 unspecified atom stereocenters. The van der Waals surface area contributed by atoms with Crippen molar-refractivity contribution in [2.75, 3.05) is 25.4 Å². The summed E-state index contributed by atoms with van der Waals surface area (Å²) in [6.45, 7) is 3.26. The summed E-state index contributed by atoms with van der Waals surface area (Å²) in [6, 6.07) is 5.59. The number of thiophene rings is 2. The largest absolute Gasteiger partial charge is 0.355 e. The number of carbonyl (C=O) groups is 1. The van der Waals surface area contributed by atoms with Gasteiger partial charge in [-0.3, -0.25) is 4.79 Å². The molecule has 1 amide bonds. The fraction of sp³-hybridized carbons (Fsp3) is 0.500. The van der Waals surface area contributed by atoms with Crippen LogP contribution in [-0.2, 0) is 20.6 Å². The lowest BCUT2D eigenvalue weighted by atomic mass is 9.99. The molecule has 0 aliphatic carbocycles. The highest BCUT2D eigenvalue weighted by Crippen LogP contribution is 2.28. The molecule has 27 heavy (non-hydrogen) atoms. The molecule has 1 aliphatic rings. The quantitative estimate of drug-likeness (QED) is 0.632. The van der Waals surface area contributed by atoms with Gasteiger partial charge >= 0.3 is 0 Å². The Morgan fingerprint density at radius 3 is 2.93 bits per heavy atom. The smallest absolute Gasteiger partial charge is 0.252 e. The fourth-order valence-electron chi connectivity index (χ4n) is 3.01. The van der Waals surface area contributed by atoms with Gasteiger partial charge in [-0.1, -0.05) is 0 Å². The average molecular weight is 445 g/mol. The molecule has 1 N–H and O–H groups in total. The fourth-order valence-corrected chi connectivity index (χ4v) is 7.55. The molecule has 0 aromatic carbocycles. The van der Waals surface area contributed by atoms with Gasteiger partial charge in [0.2, 0.25) is 5.91 Å². The molecule has 2 aromatic heterocycles. The predicted molar refractivity (Wildman–Crippen MR) is 114 cm³/mol. The average Bonchev–Trinajstić information content (AvgIpc) is 3.33. The highest BCUT2D eigenvalue weighted by Gasteiger charge is 2.33. The van der Waals surface area contributed by atoms with Gasteiger partial charge in [-0.05, 0) is 54.3 Å². The molecule has 148 valence electrons. The van der Waals surface area contributed by atoms with Crippen molar-refractivity contribution >= 4 is 50.4 Å². The maximum absolute atomic E-state index is 12.8. The topological polar surface area (TPSA) is 66.5 Å². The second-order valence-corrected chi connectivity index (χ2v) is 11.9. The van der Waals surface area contributed by atoms with Crippen LogP contribution in [0.4, 0.5) is 0 Å². The normalized spacial score (nSPS) is 18.5. The summed E-state index contributed by atoms with van der Waals surface area (Å²) in [5.41, 5.74) is 1.31. The Hall–Kier alpha value is -0.870. The van der Waals surface area contributed by atoms with E-state index >= 15 is 0 Å². The number of rotatable bonds is 8. The standard InChI is InChI=1S/C18H24N2O3S4/c1-14-4-5-17(26-14)27(22,23)20-8-2-3-16(11-20)18(21)19-7-10-25-13-15-6-9-24-12-15/h4-6,9,12,16H,2-3,7-8,10-11,13H2,1H3,(H,19,21). The third kappa shape index (κ3) is 5.57. The lowest BCUT2D eigenvalue weighted by Gasteiger charge is -2.30. The first-order valence-corrected chi connectivity index (χ1v) is 13.3. The van der Waals surface area contributed by atoms with Gasteiger partial charge in [-0.25, -0.2) is 8.42 Å². The van der Waals surface area contributed by atoms with Crippen LogP contribution >= 0.6 is 34.4 Å². The van der Waals surface area contributed by atoms with Crippen molar-refractivity contribution in [3.8, 4) is 0 Å². The Morgan fingerprint density at radius 1 is 1.37 bits per heavy atom. The van der Waals surface area contributed by atoms with Crippen molar-refractivity contribution < 1.29 is 13.2 Å². The van der Waals surface area contributed by atoms with Crippen LogP contribution in [0.15, 0.2) is 33.2 Å². The zero-order valence-electron chi connectivity index (χ0n) is 15.2. The Bertz CT molecular complexity index is 846. The SMILES string of the molecule is Cc1ccc(S(=O)(=O)N2CCCC(C(=O)NCCSCc3ccsc3)C2)s1. The number of carbonyl (C=O) groups excluding carboxylic acids is 1. The van der Waals surface area contributed by atoms with E-state index in [9.17, 15) is 13.2 Å². The predicted octanol–water partition coefficient (Wildman–Crippen LogP) is 3.57. The first kappa shape index (κ1) is 20.9. The van der Waals surface area contributed by atoms with E-state index in [1.165, 1.54) is 21.2 Å². The van der Waals surface area contributed by atoms with Crippen molar-refractivity contribution in [3.05, 3.63) is 39.4 Å². The van der Waals surface area contributed by atoms with Crippen LogP contribution in [0.1, 0.15) is 23.3 Å². The minimum absolute atomic E-state index is 0.0339. The van der Waals surface area contributed by atoms with Crippen LogP contribution in [0.2, 0.25) is 0 Å². The van der Waals surface area contributed by atoms with Crippen molar-refractivity contribution in [2.24, 2.45) is 5.92 Å². The summed E-state index contributed by atoms with van der Waals surface area (Å²) in [5, 5.41) is 7.18. The molecule has 3 rings (SSSR count). The van der Waals surface area contributed by atoms with E-state index in [0.717, 1.165) is 22.8 Å². The van der Waals surface area contributed by atoms with Gasteiger partial charge in [0.1, 0.15) is 4.21 Å². The Labute approximate surface area is 173 Å². The van der Waals surface area contributed by atoms with Crippen LogP contribution in [0.3, 0.4) is 0 Å². The van der Waals surface area contributed by atoms with Crippen molar-refractivity contribution in [1.82, 2.24) is 9.62 Å². The van der Waals surface area contributed by atoms with E-state index in [4.69, 9.17) is 0 Å². The van der Waals surface area contributed by atoms with Crippen molar-refractivity contribution in [2.45, 2.75) is 29.7 Å². The van der Waals surface area contributed by atoms with Crippen LogP contribution in [0.5, 0.6) is 0 Å². The van der Waals surface area contributed by atoms with E-state index in [-0.39, 0.29) is 18.4 Å². The number of sulfonamides is 1. The molecule has 0 bridgehead atoms. The van der Waals surface area contributed by atoms with Crippen LogP contribution in [0.25, 0.3) is 0 Å². The summed E-state index contributed by atoms with van der Waals surface area (Å²) in [6.07, 6.45) is 1.46. The molecule has 5 nitrogen and oxygen atoms in total. The van der Waals surface area contributed by atoms with Gasteiger partial charge in [0, 0.05) is 36.0 Å². The van der Waals surface area contributed by atoms with Gasteiger partial charge in [-0.2, -0.15) is 27.4 Å². The molecule has 0 saturated carbocycles. The molecule has 3 heterocycles. The van der Waals surface area contributed by atoms with Gasteiger partial charge in [0.05, 0.1) is 5.92 Å². The molecule has 0 spiro atoms. The highest BCUT2D eigenvalue weighted by atomic mass is 32.2. The first-order chi connectivity index (χ1) is 13.0. The number of aryl methyl sites for hydroxylation is 1. The number of nitrogens with one attached hydrogen (secondary N) is 1. The molecule has 0 radical (unpaired) electrons. The van der Waals surface area contributed by atoms with E-state index < -0.39 is 10.0 Å². The van der Waals surface area contributed by atoms with Gasteiger partial charge in [-0.15, -0.1) is 11.3 Å². The third-order valence-corrected chi connectivity index (χ3v) is 9.55. The monoisotopic (exact) mass is 444 g/mol. The lowest BCUT2D eigenvalue weighted by Crippen LogP contribution is -2.45. The molecule has 9 heteroatoms. The Balaban J connectivity index is 1.46. The Morgan fingerprint density at radius 2 is 2.22 bits per heavy atom. The molecule has 1 atom stereocenters. The molecule has 1 aliphatic heterocycles. The number of amides is 1. The van der Waals surface area contributed by atoms with E-state index in [0.29, 0.717) is 23.7 Å². The zero-order valence-corrected chi connectivity index (χ0v) is 18.5. The second-order valence-electron chi connectivity index (χ2n) is 6.54. The first-order valence-electron chi connectivity index (χ1n) is 8.90.